The maximum absolute atomic E-state index is 5.01. The van der Waals surface area contributed by atoms with Crippen molar-refractivity contribution in [2.24, 2.45) is 0 Å². The van der Waals surface area contributed by atoms with Gasteiger partial charge in [-0.25, -0.2) is 0 Å². The van der Waals surface area contributed by atoms with Crippen LogP contribution < -0.4 is 5.32 Å². The fraction of sp³-hybridized carbons (Fsp3) is 0.778. The van der Waals surface area contributed by atoms with E-state index in [2.05, 4.69) is 29.3 Å². The first-order chi connectivity index (χ1) is 6.86. The second-order valence-corrected chi connectivity index (χ2v) is 4.10. The lowest BCUT2D eigenvalue weighted by Gasteiger charge is -1.94. The molecule has 0 bridgehead atoms. The van der Waals surface area contributed by atoms with Crippen LogP contribution in [-0.2, 0) is 5.75 Å². The number of nitrogens with zero attached hydrogens (tertiary/aromatic N) is 2. The smallest absolute Gasteiger partial charge is 0.321 e. The number of aromatic nitrogens is 2. The molecule has 0 radical (unpaired) electrons. The Kier molecular flexibility index (Phi) is 5.44. The SMILES string of the molecule is CCCNc1nc(CSCCC)no1. The summed E-state index contributed by atoms with van der Waals surface area (Å²) in [6, 6.07) is 0.541. The minimum Gasteiger partial charge on any atom is -0.338 e. The highest BCUT2D eigenvalue weighted by molar-refractivity contribution is 7.98. The Bertz CT molecular complexity index is 252. The maximum Gasteiger partial charge on any atom is 0.321 e. The number of hydrogen-bond donors (Lipinski definition) is 1. The van der Waals surface area contributed by atoms with Crippen LogP contribution in [0.5, 0.6) is 0 Å². The van der Waals surface area contributed by atoms with Gasteiger partial charge in [0.1, 0.15) is 0 Å². The van der Waals surface area contributed by atoms with E-state index in [1.54, 1.807) is 0 Å². The molecule has 1 N–H and O–H groups in total. The van der Waals surface area contributed by atoms with Gasteiger partial charge < -0.3 is 9.84 Å². The van der Waals surface area contributed by atoms with Crippen molar-refractivity contribution in [1.29, 1.82) is 0 Å². The number of hydrogen-bond acceptors (Lipinski definition) is 5. The molecule has 0 saturated heterocycles. The summed E-state index contributed by atoms with van der Waals surface area (Å²) in [7, 11) is 0. The largest absolute Gasteiger partial charge is 0.338 e. The Morgan fingerprint density at radius 1 is 1.36 bits per heavy atom. The van der Waals surface area contributed by atoms with Gasteiger partial charge in [-0.2, -0.15) is 16.7 Å². The zero-order valence-corrected chi connectivity index (χ0v) is 9.56. The lowest BCUT2D eigenvalue weighted by molar-refractivity contribution is 0.425. The molecule has 0 unspecified atom stereocenters. The predicted molar refractivity (Wildman–Crippen MR) is 59.5 cm³/mol. The summed E-state index contributed by atoms with van der Waals surface area (Å²) in [4.78, 5) is 4.21. The van der Waals surface area contributed by atoms with Crippen molar-refractivity contribution in [2.45, 2.75) is 32.4 Å². The molecule has 0 fully saturated rings. The standard InChI is InChI=1S/C9H17N3OS/c1-3-5-10-9-11-8(12-13-9)7-14-6-4-2/h3-7H2,1-2H3,(H,10,11,12). The topological polar surface area (TPSA) is 51.0 Å². The molecule has 0 aromatic carbocycles. The fourth-order valence-corrected chi connectivity index (χ4v) is 1.66. The Balaban J connectivity index is 2.27. The maximum atomic E-state index is 5.01. The number of thioether (sulfide) groups is 1. The van der Waals surface area contributed by atoms with Gasteiger partial charge >= 0.3 is 6.01 Å². The van der Waals surface area contributed by atoms with E-state index >= 15 is 0 Å². The highest BCUT2D eigenvalue weighted by Crippen LogP contribution is 2.11. The van der Waals surface area contributed by atoms with Gasteiger partial charge in [0.2, 0.25) is 0 Å². The normalized spacial score (nSPS) is 10.4. The van der Waals surface area contributed by atoms with Crippen LogP contribution in [0, 0.1) is 0 Å². The number of anilines is 1. The molecule has 5 heteroatoms. The average Bonchev–Trinajstić information content (AvgIpc) is 2.63. The summed E-state index contributed by atoms with van der Waals surface area (Å²) in [6.45, 7) is 5.14. The molecule has 0 spiro atoms. The fourth-order valence-electron chi connectivity index (χ4n) is 0.924. The van der Waals surface area contributed by atoms with Crippen molar-refractivity contribution in [3.63, 3.8) is 0 Å². The quantitative estimate of drug-likeness (QED) is 0.708. The first-order valence-corrected chi connectivity index (χ1v) is 6.16. The molecule has 4 nitrogen and oxygen atoms in total. The Morgan fingerprint density at radius 2 is 2.21 bits per heavy atom. The van der Waals surface area contributed by atoms with Gasteiger partial charge in [-0.15, -0.1) is 0 Å². The van der Waals surface area contributed by atoms with Crippen LogP contribution in [0.4, 0.5) is 6.01 Å². The van der Waals surface area contributed by atoms with Crippen molar-refractivity contribution in [2.75, 3.05) is 17.6 Å². The van der Waals surface area contributed by atoms with Crippen LogP contribution in [0.15, 0.2) is 4.52 Å². The third-order valence-electron chi connectivity index (χ3n) is 1.57. The van der Waals surface area contributed by atoms with Crippen molar-refractivity contribution in [3.05, 3.63) is 5.82 Å². The summed E-state index contributed by atoms with van der Waals surface area (Å²) in [5.74, 6) is 2.76. The molecule has 80 valence electrons. The van der Waals surface area contributed by atoms with Crippen LogP contribution >= 0.6 is 11.8 Å². The van der Waals surface area contributed by atoms with E-state index in [0.717, 1.165) is 30.3 Å². The molecule has 1 aromatic heterocycles. The second kappa shape index (κ2) is 6.70. The van der Waals surface area contributed by atoms with Gasteiger partial charge in [0, 0.05) is 6.54 Å². The van der Waals surface area contributed by atoms with Crippen LogP contribution in [0.3, 0.4) is 0 Å². The number of nitrogens with one attached hydrogen (secondary N) is 1. The summed E-state index contributed by atoms with van der Waals surface area (Å²) in [5, 5.41) is 6.93. The van der Waals surface area contributed by atoms with Gasteiger partial charge in [-0.3, -0.25) is 0 Å². The Morgan fingerprint density at radius 3 is 2.93 bits per heavy atom. The van der Waals surface area contributed by atoms with E-state index < -0.39 is 0 Å². The van der Waals surface area contributed by atoms with Gasteiger partial charge in [0.15, 0.2) is 5.82 Å². The first kappa shape index (κ1) is 11.4. The summed E-state index contributed by atoms with van der Waals surface area (Å²) in [5.41, 5.74) is 0. The summed E-state index contributed by atoms with van der Waals surface area (Å²) in [6.07, 6.45) is 2.24. The Labute approximate surface area is 88.8 Å². The van der Waals surface area contributed by atoms with Crippen molar-refractivity contribution in [1.82, 2.24) is 10.1 Å². The van der Waals surface area contributed by atoms with Crippen molar-refractivity contribution in [3.8, 4) is 0 Å². The highest BCUT2D eigenvalue weighted by Gasteiger charge is 2.04. The molecule has 0 saturated carbocycles. The summed E-state index contributed by atoms with van der Waals surface area (Å²) < 4.78 is 5.01. The minimum absolute atomic E-state index is 0.541. The predicted octanol–water partition coefficient (Wildman–Crippen LogP) is 2.53. The third-order valence-corrected chi connectivity index (χ3v) is 2.73. The van der Waals surface area contributed by atoms with Crippen LogP contribution in [0.1, 0.15) is 32.5 Å². The zero-order valence-electron chi connectivity index (χ0n) is 8.75. The van der Waals surface area contributed by atoms with Crippen molar-refractivity contribution < 1.29 is 4.52 Å². The minimum atomic E-state index is 0.541. The molecule has 0 atom stereocenters. The van der Waals surface area contributed by atoms with Gasteiger partial charge in [-0.05, 0) is 18.6 Å². The van der Waals surface area contributed by atoms with Crippen LogP contribution in [-0.4, -0.2) is 22.4 Å². The third kappa shape index (κ3) is 4.00. The number of rotatable bonds is 7. The molecule has 0 aliphatic carbocycles. The zero-order chi connectivity index (χ0) is 10.2. The summed E-state index contributed by atoms with van der Waals surface area (Å²) >= 11 is 1.83. The molecule has 0 amide bonds. The van der Waals surface area contributed by atoms with E-state index in [1.165, 1.54) is 6.42 Å². The molecular weight excluding hydrogens is 198 g/mol. The van der Waals surface area contributed by atoms with E-state index in [1.807, 2.05) is 11.8 Å². The van der Waals surface area contributed by atoms with Crippen molar-refractivity contribution >= 4 is 17.8 Å². The first-order valence-electron chi connectivity index (χ1n) is 5.01. The van der Waals surface area contributed by atoms with E-state index in [-0.39, 0.29) is 0 Å². The van der Waals surface area contributed by atoms with E-state index in [0.29, 0.717) is 6.01 Å². The average molecular weight is 215 g/mol. The molecule has 0 aliphatic heterocycles. The molecular formula is C9H17N3OS. The lowest BCUT2D eigenvalue weighted by atomic mass is 10.5. The van der Waals surface area contributed by atoms with Gasteiger partial charge in [0.25, 0.3) is 0 Å². The van der Waals surface area contributed by atoms with Crippen LogP contribution in [0.25, 0.3) is 0 Å². The molecule has 1 rings (SSSR count). The van der Waals surface area contributed by atoms with Crippen LogP contribution in [0.2, 0.25) is 0 Å². The van der Waals surface area contributed by atoms with Gasteiger partial charge in [-0.1, -0.05) is 19.0 Å². The molecule has 0 aliphatic rings. The highest BCUT2D eigenvalue weighted by atomic mass is 32.2. The Hall–Kier alpha value is -0.710. The molecule has 14 heavy (non-hydrogen) atoms. The monoisotopic (exact) mass is 215 g/mol. The second-order valence-electron chi connectivity index (χ2n) is 3.00. The lowest BCUT2D eigenvalue weighted by Crippen LogP contribution is -1.99. The molecule has 1 aromatic rings. The van der Waals surface area contributed by atoms with E-state index in [4.69, 9.17) is 4.52 Å². The van der Waals surface area contributed by atoms with Gasteiger partial charge in [0.05, 0.1) is 5.75 Å². The molecule has 1 heterocycles. The van der Waals surface area contributed by atoms with E-state index in [9.17, 15) is 0 Å².